The third-order valence-corrected chi connectivity index (χ3v) is 6.17. The maximum Gasteiger partial charge on any atom is 0.226 e. The molecule has 0 aromatic heterocycles. The quantitative estimate of drug-likeness (QED) is 0.723. The molecule has 2 fully saturated rings. The van der Waals surface area contributed by atoms with Crippen molar-refractivity contribution in [2.75, 3.05) is 13.1 Å². The zero-order valence-electron chi connectivity index (χ0n) is 13.5. The van der Waals surface area contributed by atoms with Crippen LogP contribution < -0.4 is 0 Å². The van der Waals surface area contributed by atoms with Crippen molar-refractivity contribution in [3.8, 4) is 0 Å². The Morgan fingerprint density at radius 3 is 2.61 bits per heavy atom. The van der Waals surface area contributed by atoms with Gasteiger partial charge in [-0.2, -0.15) is 0 Å². The van der Waals surface area contributed by atoms with Crippen molar-refractivity contribution in [1.29, 1.82) is 0 Å². The van der Waals surface area contributed by atoms with Gasteiger partial charge in [-0.3, -0.25) is 4.79 Å². The average Bonchev–Trinajstić information content (AvgIpc) is 3.11. The number of carbonyl (C=O) groups is 1. The molecule has 1 saturated carbocycles. The molecule has 1 aromatic rings. The summed E-state index contributed by atoms with van der Waals surface area (Å²) in [4.78, 5) is 15.2. The number of likely N-dealkylation sites (tertiary alicyclic amines) is 1. The van der Waals surface area contributed by atoms with Crippen LogP contribution in [-0.2, 0) is 4.79 Å². The number of amides is 1. The molecule has 3 aliphatic rings. The number of carbonyl (C=O) groups excluding carboxylic acids is 1. The number of halogens is 1. The van der Waals surface area contributed by atoms with Crippen LogP contribution >= 0.6 is 11.6 Å². The van der Waals surface area contributed by atoms with Crippen molar-refractivity contribution in [3.63, 3.8) is 0 Å². The van der Waals surface area contributed by atoms with Gasteiger partial charge in [0.2, 0.25) is 5.91 Å². The van der Waals surface area contributed by atoms with E-state index in [-0.39, 0.29) is 5.92 Å². The van der Waals surface area contributed by atoms with Crippen LogP contribution in [-0.4, -0.2) is 23.9 Å². The first kappa shape index (κ1) is 15.3. The summed E-state index contributed by atoms with van der Waals surface area (Å²) in [6.07, 6.45) is 10.4. The van der Waals surface area contributed by atoms with Gasteiger partial charge in [0.1, 0.15) is 0 Å². The highest BCUT2D eigenvalue weighted by Crippen LogP contribution is 2.44. The lowest BCUT2D eigenvalue weighted by molar-refractivity contribution is -0.136. The van der Waals surface area contributed by atoms with Gasteiger partial charge in [-0.25, -0.2) is 0 Å². The molecule has 1 saturated heterocycles. The van der Waals surface area contributed by atoms with Crippen molar-refractivity contribution in [1.82, 2.24) is 4.90 Å². The Morgan fingerprint density at radius 1 is 1.09 bits per heavy atom. The fraction of sp³-hybridized carbons (Fsp3) is 0.550. The molecule has 0 spiro atoms. The van der Waals surface area contributed by atoms with Crippen LogP contribution in [0.25, 0.3) is 0 Å². The van der Waals surface area contributed by atoms with Gasteiger partial charge in [-0.15, -0.1) is 0 Å². The van der Waals surface area contributed by atoms with E-state index in [0.29, 0.717) is 23.7 Å². The monoisotopic (exact) mass is 329 g/mol. The van der Waals surface area contributed by atoms with E-state index in [1.165, 1.54) is 24.8 Å². The third kappa shape index (κ3) is 3.06. The lowest BCUT2D eigenvalue weighted by Gasteiger charge is -2.29. The minimum atomic E-state index is 0.244. The summed E-state index contributed by atoms with van der Waals surface area (Å²) in [6.45, 7) is 1.80. The first-order chi connectivity index (χ1) is 11.2. The fourth-order valence-corrected chi connectivity index (χ4v) is 4.77. The van der Waals surface area contributed by atoms with Crippen molar-refractivity contribution in [3.05, 3.63) is 47.0 Å². The summed E-state index contributed by atoms with van der Waals surface area (Å²) in [7, 11) is 0. The van der Waals surface area contributed by atoms with Crippen LogP contribution in [0.4, 0.5) is 0 Å². The van der Waals surface area contributed by atoms with E-state index in [1.54, 1.807) is 0 Å². The van der Waals surface area contributed by atoms with Crippen molar-refractivity contribution < 1.29 is 4.79 Å². The highest BCUT2D eigenvalue weighted by atomic mass is 35.5. The molecule has 0 N–H and O–H groups in total. The average molecular weight is 330 g/mol. The van der Waals surface area contributed by atoms with Gasteiger partial charge in [0, 0.05) is 29.9 Å². The van der Waals surface area contributed by atoms with Gasteiger partial charge in [0.25, 0.3) is 0 Å². The van der Waals surface area contributed by atoms with Crippen molar-refractivity contribution in [2.45, 2.75) is 38.0 Å². The molecule has 0 unspecified atom stereocenters. The third-order valence-electron chi connectivity index (χ3n) is 5.92. The number of nitrogens with zero attached hydrogens (tertiary/aromatic N) is 1. The first-order valence-electron chi connectivity index (χ1n) is 8.93. The summed E-state index contributed by atoms with van der Waals surface area (Å²) in [6, 6.07) is 8.19. The van der Waals surface area contributed by atoms with Crippen LogP contribution in [0.3, 0.4) is 0 Å². The van der Waals surface area contributed by atoms with Gasteiger partial charge in [0.15, 0.2) is 0 Å². The molecule has 2 aliphatic carbocycles. The predicted molar refractivity (Wildman–Crippen MR) is 93.5 cm³/mol. The Labute approximate surface area is 143 Å². The molecule has 0 radical (unpaired) electrons. The van der Waals surface area contributed by atoms with E-state index in [4.69, 9.17) is 11.6 Å². The molecular weight excluding hydrogens is 306 g/mol. The molecule has 2 bridgehead atoms. The van der Waals surface area contributed by atoms with Gasteiger partial charge in [-0.1, -0.05) is 42.3 Å². The second-order valence-corrected chi connectivity index (χ2v) is 7.85. The Hall–Kier alpha value is -1.28. The molecule has 3 heteroatoms. The number of benzene rings is 1. The molecular formula is C20H24ClNO. The smallest absolute Gasteiger partial charge is 0.226 e. The van der Waals surface area contributed by atoms with Crippen LogP contribution in [0.15, 0.2) is 36.4 Å². The second kappa shape index (κ2) is 6.32. The topological polar surface area (TPSA) is 20.3 Å². The van der Waals surface area contributed by atoms with Gasteiger partial charge in [0.05, 0.1) is 0 Å². The van der Waals surface area contributed by atoms with Crippen molar-refractivity contribution in [2.24, 2.45) is 17.8 Å². The number of rotatable bonds is 2. The molecule has 23 heavy (non-hydrogen) atoms. The highest BCUT2D eigenvalue weighted by Gasteiger charge is 2.41. The summed E-state index contributed by atoms with van der Waals surface area (Å²) in [5.41, 5.74) is 1.32. The Balaban J connectivity index is 1.48. The van der Waals surface area contributed by atoms with Crippen LogP contribution in [0.1, 0.15) is 43.6 Å². The molecule has 1 aliphatic heterocycles. The summed E-state index contributed by atoms with van der Waals surface area (Å²) >= 11 is 6.01. The molecule has 122 valence electrons. The normalized spacial score (nSPS) is 33.0. The first-order valence-corrected chi connectivity index (χ1v) is 9.31. The molecule has 4 rings (SSSR count). The molecule has 2 nitrogen and oxygen atoms in total. The SMILES string of the molecule is O=C([C@H]1C[C@H]2C=C[C@H]1C2)N1CCCC[C@@H](c2ccc(Cl)cc2)C1. The minimum absolute atomic E-state index is 0.244. The van der Waals surface area contributed by atoms with Crippen LogP contribution in [0.5, 0.6) is 0 Å². The lowest BCUT2D eigenvalue weighted by atomic mass is 9.91. The van der Waals surface area contributed by atoms with E-state index in [0.717, 1.165) is 31.0 Å². The Kier molecular flexibility index (Phi) is 4.19. The summed E-state index contributed by atoms with van der Waals surface area (Å²) in [5, 5.41) is 0.782. The van der Waals surface area contributed by atoms with E-state index in [9.17, 15) is 4.79 Å². The minimum Gasteiger partial charge on any atom is -0.342 e. The second-order valence-electron chi connectivity index (χ2n) is 7.42. The van der Waals surface area contributed by atoms with Gasteiger partial charge >= 0.3 is 0 Å². The zero-order chi connectivity index (χ0) is 15.8. The Morgan fingerprint density at radius 2 is 1.91 bits per heavy atom. The predicted octanol–water partition coefficient (Wildman–Crippen LogP) is 4.65. The van der Waals surface area contributed by atoms with E-state index < -0.39 is 0 Å². The number of allylic oxidation sites excluding steroid dienone is 2. The number of hydrogen-bond acceptors (Lipinski definition) is 1. The number of hydrogen-bond donors (Lipinski definition) is 0. The maximum absolute atomic E-state index is 13.0. The van der Waals surface area contributed by atoms with Gasteiger partial charge < -0.3 is 4.90 Å². The standard InChI is InChI=1S/C20H24ClNO/c21-18-8-6-15(7-9-18)17-3-1-2-10-22(13-17)20(23)19-12-14-4-5-16(19)11-14/h4-9,14,16-17,19H,1-3,10-13H2/t14-,16-,17+,19-/m0/s1. The van der Waals surface area contributed by atoms with Crippen LogP contribution in [0, 0.1) is 17.8 Å². The molecule has 1 amide bonds. The highest BCUT2D eigenvalue weighted by molar-refractivity contribution is 6.30. The maximum atomic E-state index is 13.0. The molecule has 1 aromatic carbocycles. The van der Waals surface area contributed by atoms with Gasteiger partial charge in [-0.05, 0) is 55.2 Å². The molecule has 1 heterocycles. The lowest BCUT2D eigenvalue weighted by Crippen LogP contribution is -2.39. The van der Waals surface area contributed by atoms with E-state index in [2.05, 4.69) is 29.2 Å². The zero-order valence-corrected chi connectivity index (χ0v) is 14.2. The Bertz CT molecular complexity index is 609. The summed E-state index contributed by atoms with van der Waals surface area (Å²) < 4.78 is 0. The van der Waals surface area contributed by atoms with Crippen molar-refractivity contribution >= 4 is 17.5 Å². The van der Waals surface area contributed by atoms with E-state index >= 15 is 0 Å². The number of fused-ring (bicyclic) bond motifs is 2. The fourth-order valence-electron chi connectivity index (χ4n) is 4.65. The largest absolute Gasteiger partial charge is 0.342 e. The molecule has 4 atom stereocenters. The van der Waals surface area contributed by atoms with E-state index in [1.807, 2.05) is 12.1 Å². The van der Waals surface area contributed by atoms with Crippen LogP contribution in [0.2, 0.25) is 5.02 Å². The summed E-state index contributed by atoms with van der Waals surface area (Å²) in [5.74, 6) is 2.27.